The molecule has 1 aromatic rings. The van der Waals surface area contributed by atoms with Gasteiger partial charge in [0.05, 0.1) is 12.0 Å². The Bertz CT molecular complexity index is 292. The minimum Gasteiger partial charge on any atom is -0.370 e. The average Bonchev–Trinajstić information content (AvgIpc) is 2.47. The first-order valence-electron chi connectivity index (χ1n) is 4.15. The van der Waals surface area contributed by atoms with Gasteiger partial charge < -0.3 is 16.0 Å². The maximum Gasteiger partial charge on any atom is 0.219 e. The number of rotatable bonds is 4. The summed E-state index contributed by atoms with van der Waals surface area (Å²) >= 11 is 0. The number of imidazole rings is 1. The van der Waals surface area contributed by atoms with Gasteiger partial charge in [0.1, 0.15) is 0 Å². The molecule has 0 spiro atoms. The Kier molecular flexibility index (Phi) is 3.02. The zero-order chi connectivity index (χ0) is 9.84. The molecule has 0 aromatic carbocycles. The molecule has 5 nitrogen and oxygen atoms in total. The molecular weight excluding hydrogens is 168 g/mol. The Morgan fingerprint density at radius 1 is 1.77 bits per heavy atom. The van der Waals surface area contributed by atoms with Crippen molar-refractivity contribution in [1.29, 1.82) is 0 Å². The Labute approximate surface area is 76.7 Å². The second-order valence-electron chi connectivity index (χ2n) is 3.02. The number of carbonyl (C=O) groups is 1. The van der Waals surface area contributed by atoms with Crippen molar-refractivity contribution in [2.24, 2.45) is 11.5 Å². The van der Waals surface area contributed by atoms with Crippen LogP contribution in [0.1, 0.15) is 25.1 Å². The van der Waals surface area contributed by atoms with E-state index in [9.17, 15) is 4.79 Å². The maximum absolute atomic E-state index is 10.5. The summed E-state index contributed by atoms with van der Waals surface area (Å²) in [5, 5.41) is 0. The van der Waals surface area contributed by atoms with E-state index < -0.39 is 0 Å². The van der Waals surface area contributed by atoms with Gasteiger partial charge in [-0.25, -0.2) is 4.98 Å². The lowest BCUT2D eigenvalue weighted by Crippen LogP contribution is -2.17. The molecular formula is C8H14N4O. The average molecular weight is 182 g/mol. The molecule has 1 aromatic heterocycles. The molecule has 0 fully saturated rings. The highest BCUT2D eigenvalue weighted by Crippen LogP contribution is 2.08. The molecule has 72 valence electrons. The highest BCUT2D eigenvalue weighted by molar-refractivity contribution is 5.73. The Hall–Kier alpha value is -1.36. The number of carbonyl (C=O) groups excluding carboxylic acids is 1. The summed E-state index contributed by atoms with van der Waals surface area (Å²) in [5.74, 6) is -0.315. The standard InChI is InChI=1S/C8H14N4O/c1-6(9)7-4-11-5-12(7)3-2-8(10)13/h4-6H,2-3,9H2,1H3,(H2,10,13)/t6-/m1/s1. The zero-order valence-corrected chi connectivity index (χ0v) is 7.60. The molecule has 5 heteroatoms. The van der Waals surface area contributed by atoms with Gasteiger partial charge in [-0.3, -0.25) is 4.79 Å². The normalized spacial score (nSPS) is 12.8. The third-order valence-corrected chi connectivity index (χ3v) is 1.81. The molecule has 0 unspecified atom stereocenters. The number of aryl methyl sites for hydroxylation is 1. The van der Waals surface area contributed by atoms with Crippen molar-refractivity contribution in [2.75, 3.05) is 0 Å². The molecule has 0 radical (unpaired) electrons. The fraction of sp³-hybridized carbons (Fsp3) is 0.500. The third kappa shape index (κ3) is 2.55. The van der Waals surface area contributed by atoms with Crippen molar-refractivity contribution in [3.8, 4) is 0 Å². The SMILES string of the molecule is C[C@@H](N)c1cncn1CCC(N)=O. The van der Waals surface area contributed by atoms with Crippen molar-refractivity contribution in [3.63, 3.8) is 0 Å². The summed E-state index contributed by atoms with van der Waals surface area (Å²) in [6, 6.07) is -0.0737. The van der Waals surface area contributed by atoms with Crippen LogP contribution in [0.3, 0.4) is 0 Å². The van der Waals surface area contributed by atoms with Crippen LogP contribution in [-0.2, 0) is 11.3 Å². The number of hydrogen-bond acceptors (Lipinski definition) is 3. The Balaban J connectivity index is 2.65. The van der Waals surface area contributed by atoms with Gasteiger partial charge in [-0.2, -0.15) is 0 Å². The van der Waals surface area contributed by atoms with Crippen LogP contribution < -0.4 is 11.5 Å². The Morgan fingerprint density at radius 2 is 2.46 bits per heavy atom. The van der Waals surface area contributed by atoms with Crippen LogP contribution in [0, 0.1) is 0 Å². The molecule has 4 N–H and O–H groups in total. The lowest BCUT2D eigenvalue weighted by atomic mass is 10.2. The lowest BCUT2D eigenvalue weighted by molar-refractivity contribution is -0.118. The van der Waals surface area contributed by atoms with Crippen LogP contribution in [0.15, 0.2) is 12.5 Å². The van der Waals surface area contributed by atoms with Crippen LogP contribution in [-0.4, -0.2) is 15.5 Å². The quantitative estimate of drug-likeness (QED) is 0.674. The first-order valence-corrected chi connectivity index (χ1v) is 4.15. The molecule has 0 aliphatic carbocycles. The summed E-state index contributed by atoms with van der Waals surface area (Å²) in [6.45, 7) is 2.42. The van der Waals surface area contributed by atoms with Crippen LogP contribution in [0.25, 0.3) is 0 Å². The van der Waals surface area contributed by atoms with Crippen LogP contribution in [0.4, 0.5) is 0 Å². The van der Waals surface area contributed by atoms with Crippen molar-refractivity contribution in [2.45, 2.75) is 25.9 Å². The summed E-state index contributed by atoms with van der Waals surface area (Å²) in [5.41, 5.74) is 11.6. The van der Waals surface area contributed by atoms with Gasteiger partial charge in [-0.05, 0) is 6.92 Å². The van der Waals surface area contributed by atoms with Crippen LogP contribution >= 0.6 is 0 Å². The molecule has 1 heterocycles. The second-order valence-corrected chi connectivity index (χ2v) is 3.02. The van der Waals surface area contributed by atoms with E-state index >= 15 is 0 Å². The van der Waals surface area contributed by atoms with E-state index in [1.807, 2.05) is 11.5 Å². The van der Waals surface area contributed by atoms with Crippen molar-refractivity contribution < 1.29 is 4.79 Å². The van der Waals surface area contributed by atoms with E-state index in [1.165, 1.54) is 0 Å². The van der Waals surface area contributed by atoms with Crippen molar-refractivity contribution in [3.05, 3.63) is 18.2 Å². The minimum atomic E-state index is -0.315. The molecule has 1 amide bonds. The number of nitrogens with zero attached hydrogens (tertiary/aromatic N) is 2. The molecule has 0 bridgehead atoms. The zero-order valence-electron chi connectivity index (χ0n) is 7.60. The molecule has 13 heavy (non-hydrogen) atoms. The van der Waals surface area contributed by atoms with E-state index in [-0.39, 0.29) is 11.9 Å². The monoisotopic (exact) mass is 182 g/mol. The van der Waals surface area contributed by atoms with Crippen molar-refractivity contribution in [1.82, 2.24) is 9.55 Å². The molecule has 0 aliphatic rings. The van der Waals surface area contributed by atoms with Gasteiger partial charge in [0.15, 0.2) is 0 Å². The highest BCUT2D eigenvalue weighted by Gasteiger charge is 2.06. The largest absolute Gasteiger partial charge is 0.370 e. The van der Waals surface area contributed by atoms with Gasteiger partial charge in [0.2, 0.25) is 5.91 Å². The van der Waals surface area contributed by atoms with E-state index in [1.54, 1.807) is 12.5 Å². The van der Waals surface area contributed by atoms with E-state index in [0.29, 0.717) is 13.0 Å². The van der Waals surface area contributed by atoms with E-state index in [4.69, 9.17) is 11.5 Å². The number of amides is 1. The summed E-state index contributed by atoms with van der Waals surface area (Å²) in [4.78, 5) is 14.5. The summed E-state index contributed by atoms with van der Waals surface area (Å²) < 4.78 is 1.84. The summed E-state index contributed by atoms with van der Waals surface area (Å²) in [6.07, 6.45) is 3.67. The fourth-order valence-corrected chi connectivity index (χ4v) is 1.13. The van der Waals surface area contributed by atoms with Gasteiger partial charge in [0.25, 0.3) is 0 Å². The predicted molar refractivity (Wildman–Crippen MR) is 48.6 cm³/mol. The van der Waals surface area contributed by atoms with Gasteiger partial charge in [-0.15, -0.1) is 0 Å². The van der Waals surface area contributed by atoms with E-state index in [0.717, 1.165) is 5.69 Å². The first kappa shape index (κ1) is 9.73. The lowest BCUT2D eigenvalue weighted by Gasteiger charge is -2.08. The number of primary amides is 1. The van der Waals surface area contributed by atoms with Gasteiger partial charge >= 0.3 is 0 Å². The smallest absolute Gasteiger partial charge is 0.219 e. The number of hydrogen-bond donors (Lipinski definition) is 2. The molecule has 1 rings (SSSR count). The van der Waals surface area contributed by atoms with Gasteiger partial charge in [-0.1, -0.05) is 0 Å². The first-order chi connectivity index (χ1) is 6.11. The highest BCUT2D eigenvalue weighted by atomic mass is 16.1. The number of aromatic nitrogens is 2. The second kappa shape index (κ2) is 4.04. The van der Waals surface area contributed by atoms with Crippen molar-refractivity contribution >= 4 is 5.91 Å². The summed E-state index contributed by atoms with van der Waals surface area (Å²) in [7, 11) is 0. The predicted octanol–water partition coefficient (Wildman–Crippen LogP) is -0.222. The number of nitrogens with two attached hydrogens (primary N) is 2. The Morgan fingerprint density at radius 3 is 3.00 bits per heavy atom. The molecule has 1 atom stereocenters. The molecule has 0 saturated carbocycles. The third-order valence-electron chi connectivity index (χ3n) is 1.81. The van der Waals surface area contributed by atoms with Crippen LogP contribution in [0.2, 0.25) is 0 Å². The van der Waals surface area contributed by atoms with Gasteiger partial charge in [0, 0.05) is 25.2 Å². The maximum atomic E-state index is 10.5. The van der Waals surface area contributed by atoms with E-state index in [2.05, 4.69) is 4.98 Å². The minimum absolute atomic E-state index is 0.0737. The topological polar surface area (TPSA) is 86.9 Å². The molecule has 0 saturated heterocycles. The van der Waals surface area contributed by atoms with Crippen LogP contribution in [0.5, 0.6) is 0 Å². The fourth-order valence-electron chi connectivity index (χ4n) is 1.13. The molecule has 0 aliphatic heterocycles.